The van der Waals surface area contributed by atoms with Crippen molar-refractivity contribution in [2.24, 2.45) is 0 Å². The van der Waals surface area contributed by atoms with Gasteiger partial charge in [-0.3, -0.25) is 9.69 Å². The molecule has 36 heavy (non-hydrogen) atoms. The first-order valence-electron chi connectivity index (χ1n) is 11.2. The average molecular weight is 532 g/mol. The molecule has 5 heterocycles. The van der Waals surface area contributed by atoms with Gasteiger partial charge in [-0.15, -0.1) is 0 Å². The number of piperazine rings is 1. The molecule has 2 saturated heterocycles. The number of amides is 1. The van der Waals surface area contributed by atoms with Gasteiger partial charge in [-0.1, -0.05) is 11.3 Å². The van der Waals surface area contributed by atoms with E-state index in [0.29, 0.717) is 40.5 Å². The van der Waals surface area contributed by atoms with Crippen molar-refractivity contribution in [2.75, 3.05) is 49.9 Å². The second kappa shape index (κ2) is 9.10. The number of carbonyl (C=O) groups is 1. The highest BCUT2D eigenvalue weighted by Crippen LogP contribution is 2.37. The Balaban J connectivity index is 1.28. The maximum absolute atomic E-state index is 13.4. The molecule has 2 N–H and O–H groups in total. The van der Waals surface area contributed by atoms with E-state index in [0.717, 1.165) is 4.90 Å². The number of nitrogens with zero attached hydrogens (tertiary/aromatic N) is 6. The van der Waals surface area contributed by atoms with E-state index in [2.05, 4.69) is 15.0 Å². The molecule has 9 nitrogen and oxygen atoms in total. The average Bonchev–Trinajstić information content (AvgIpc) is 3.58. The number of nitrogens with two attached hydrogens (primary N) is 1. The quantitative estimate of drug-likeness (QED) is 0.501. The molecule has 2 aliphatic heterocycles. The summed E-state index contributed by atoms with van der Waals surface area (Å²) in [6, 6.07) is 2.92. The topological polar surface area (TPSA) is 105 Å². The van der Waals surface area contributed by atoms with Crippen LogP contribution in [0.1, 0.15) is 12.8 Å². The number of halogens is 5. The fraction of sp³-hybridized carbons (Fsp3) is 0.524. The molecule has 0 bridgehead atoms. The molecule has 3 aromatic heterocycles. The molecule has 0 aliphatic carbocycles. The number of alkyl halides is 5. The normalized spacial score (nSPS) is 20.0. The Labute approximate surface area is 205 Å². The summed E-state index contributed by atoms with van der Waals surface area (Å²) in [4.78, 5) is 31.5. The minimum absolute atomic E-state index is 0.0560. The van der Waals surface area contributed by atoms with Gasteiger partial charge in [0.25, 0.3) is 0 Å². The van der Waals surface area contributed by atoms with Crippen LogP contribution in [0, 0.1) is 0 Å². The third kappa shape index (κ3) is 4.56. The van der Waals surface area contributed by atoms with Gasteiger partial charge < -0.3 is 20.0 Å². The van der Waals surface area contributed by atoms with Gasteiger partial charge in [-0.05, 0) is 25.0 Å². The number of carbonyl (C=O) groups excluding carboxylic acids is 1. The zero-order valence-electron chi connectivity index (χ0n) is 18.8. The molecule has 1 atom stereocenters. The van der Waals surface area contributed by atoms with Crippen molar-refractivity contribution in [1.82, 2.24) is 24.8 Å². The second-order valence-electron chi connectivity index (χ2n) is 8.71. The number of thiazole rings is 1. The molecular formula is C21H22F5N7O2S. The highest BCUT2D eigenvalue weighted by Gasteiger charge is 2.58. The van der Waals surface area contributed by atoms with Crippen molar-refractivity contribution in [1.29, 1.82) is 0 Å². The van der Waals surface area contributed by atoms with E-state index in [-0.39, 0.29) is 43.9 Å². The van der Waals surface area contributed by atoms with Crippen LogP contribution in [-0.4, -0.2) is 88.1 Å². The molecule has 0 radical (unpaired) electrons. The maximum Gasteiger partial charge on any atom is 0.454 e. The molecule has 15 heteroatoms. The van der Waals surface area contributed by atoms with Gasteiger partial charge in [0.15, 0.2) is 21.4 Å². The van der Waals surface area contributed by atoms with Crippen LogP contribution in [-0.2, 0) is 4.79 Å². The summed E-state index contributed by atoms with van der Waals surface area (Å²) in [7, 11) is 0. The first kappa shape index (κ1) is 24.6. The highest BCUT2D eigenvalue weighted by atomic mass is 32.1. The van der Waals surface area contributed by atoms with Crippen LogP contribution in [0.5, 0.6) is 0 Å². The van der Waals surface area contributed by atoms with E-state index >= 15 is 0 Å². The minimum atomic E-state index is -5.61. The van der Waals surface area contributed by atoms with Gasteiger partial charge in [-0.25, -0.2) is 4.98 Å². The molecule has 5 rings (SSSR count). The molecule has 0 saturated carbocycles. The van der Waals surface area contributed by atoms with Gasteiger partial charge in [0.1, 0.15) is 11.6 Å². The first-order chi connectivity index (χ1) is 17.0. The van der Waals surface area contributed by atoms with Crippen molar-refractivity contribution < 1.29 is 31.2 Å². The largest absolute Gasteiger partial charge is 0.462 e. The lowest BCUT2D eigenvalue weighted by molar-refractivity contribution is -0.287. The Hall–Kier alpha value is -3.07. The summed E-state index contributed by atoms with van der Waals surface area (Å²) in [6.07, 6.45) is -2.84. The van der Waals surface area contributed by atoms with Crippen LogP contribution < -0.4 is 10.6 Å². The van der Waals surface area contributed by atoms with Gasteiger partial charge in [0.2, 0.25) is 11.9 Å². The number of fused-ring (bicyclic) bond motifs is 1. The van der Waals surface area contributed by atoms with E-state index in [1.807, 2.05) is 0 Å². The van der Waals surface area contributed by atoms with Crippen molar-refractivity contribution in [3.8, 4) is 10.8 Å². The number of rotatable bonds is 5. The number of anilines is 2. The standard InChI is InChI=1S/C21H22F5N7O2S/c22-20(23,21(24,25)26)11-31-6-8-32(9-7-31)18(34)12-3-1-5-33(12)19-29-15(27)14-17(30-19)36-16(28-14)13-4-2-10-35-13/h2,4,10,12H,1,3,5-9,11H2,(H2,27,29,30)/t12-/m0/s1. The third-order valence-corrected chi connectivity index (χ3v) is 7.29. The molecule has 0 unspecified atom stereocenters. The van der Waals surface area contributed by atoms with Crippen LogP contribution in [0.25, 0.3) is 21.1 Å². The summed E-state index contributed by atoms with van der Waals surface area (Å²) in [5.74, 6) is -4.02. The zero-order valence-corrected chi connectivity index (χ0v) is 19.7. The Bertz CT molecular complexity index is 1240. The lowest BCUT2D eigenvalue weighted by Gasteiger charge is -2.38. The molecule has 1 amide bonds. The maximum atomic E-state index is 13.4. The molecule has 2 aliphatic rings. The van der Waals surface area contributed by atoms with E-state index < -0.39 is 24.7 Å². The highest BCUT2D eigenvalue weighted by molar-refractivity contribution is 7.21. The lowest BCUT2D eigenvalue weighted by atomic mass is 10.1. The van der Waals surface area contributed by atoms with Crippen LogP contribution in [0.2, 0.25) is 0 Å². The second-order valence-corrected chi connectivity index (χ2v) is 9.69. The van der Waals surface area contributed by atoms with Crippen molar-refractivity contribution >= 4 is 39.4 Å². The molecule has 2 fully saturated rings. The summed E-state index contributed by atoms with van der Waals surface area (Å²) in [6.45, 7) is -0.939. The smallest absolute Gasteiger partial charge is 0.454 e. The Morgan fingerprint density at radius 1 is 1.11 bits per heavy atom. The molecule has 0 spiro atoms. The van der Waals surface area contributed by atoms with Crippen LogP contribution in [0.3, 0.4) is 0 Å². The van der Waals surface area contributed by atoms with Gasteiger partial charge in [-0.2, -0.15) is 31.9 Å². The van der Waals surface area contributed by atoms with Crippen LogP contribution >= 0.6 is 11.3 Å². The Kier molecular flexibility index (Phi) is 6.22. The van der Waals surface area contributed by atoms with Crippen LogP contribution in [0.4, 0.5) is 33.7 Å². The van der Waals surface area contributed by atoms with Gasteiger partial charge >= 0.3 is 12.1 Å². The fourth-order valence-corrected chi connectivity index (χ4v) is 5.35. The number of hydrogen-bond donors (Lipinski definition) is 1. The van der Waals surface area contributed by atoms with Gasteiger partial charge in [0.05, 0.1) is 12.8 Å². The predicted molar refractivity (Wildman–Crippen MR) is 122 cm³/mol. The number of hydrogen-bond acceptors (Lipinski definition) is 9. The number of furan rings is 1. The Morgan fingerprint density at radius 3 is 2.53 bits per heavy atom. The monoisotopic (exact) mass is 531 g/mol. The summed E-state index contributed by atoms with van der Waals surface area (Å²) in [5.41, 5.74) is 6.58. The fourth-order valence-electron chi connectivity index (χ4n) is 4.44. The predicted octanol–water partition coefficient (Wildman–Crippen LogP) is 3.24. The Morgan fingerprint density at radius 2 is 1.86 bits per heavy atom. The lowest BCUT2D eigenvalue weighted by Crippen LogP contribution is -2.57. The third-order valence-electron chi connectivity index (χ3n) is 6.32. The SMILES string of the molecule is Nc1nc(N2CCC[C@H]2C(=O)N2CCN(CC(F)(F)C(F)(F)F)CC2)nc2sc(-c3ccco3)nc12. The molecule has 0 aromatic carbocycles. The van der Waals surface area contributed by atoms with E-state index in [1.54, 1.807) is 17.0 Å². The van der Waals surface area contributed by atoms with Crippen molar-refractivity contribution in [2.45, 2.75) is 31.0 Å². The zero-order chi connectivity index (χ0) is 25.7. The van der Waals surface area contributed by atoms with Crippen LogP contribution in [0.15, 0.2) is 22.8 Å². The summed E-state index contributed by atoms with van der Waals surface area (Å²) in [5, 5.41) is 0.594. The minimum Gasteiger partial charge on any atom is -0.462 e. The molecule has 3 aromatic rings. The number of nitrogen functional groups attached to an aromatic ring is 1. The first-order valence-corrected chi connectivity index (χ1v) is 12.1. The van der Waals surface area contributed by atoms with Gasteiger partial charge in [0, 0.05) is 32.7 Å². The number of aromatic nitrogens is 3. The summed E-state index contributed by atoms with van der Waals surface area (Å²) < 4.78 is 69.7. The van der Waals surface area contributed by atoms with Crippen molar-refractivity contribution in [3.63, 3.8) is 0 Å². The molecule has 194 valence electrons. The van der Waals surface area contributed by atoms with E-state index in [4.69, 9.17) is 10.2 Å². The van der Waals surface area contributed by atoms with E-state index in [9.17, 15) is 26.7 Å². The van der Waals surface area contributed by atoms with Crippen molar-refractivity contribution in [3.05, 3.63) is 18.4 Å². The summed E-state index contributed by atoms with van der Waals surface area (Å²) >= 11 is 1.28. The van der Waals surface area contributed by atoms with E-state index in [1.165, 1.54) is 22.5 Å². The molecular weight excluding hydrogens is 509 g/mol.